The van der Waals surface area contributed by atoms with E-state index in [-0.39, 0.29) is 5.54 Å². The summed E-state index contributed by atoms with van der Waals surface area (Å²) in [5.41, 5.74) is 0.0154. The molecule has 3 heteroatoms. The summed E-state index contributed by atoms with van der Waals surface area (Å²) in [5, 5.41) is 17.2. The van der Waals surface area contributed by atoms with Gasteiger partial charge in [0, 0.05) is 0 Å². The molecule has 1 atom stereocenters. The van der Waals surface area contributed by atoms with Crippen molar-refractivity contribution in [2.24, 2.45) is 10.2 Å². The molecule has 3 nitrogen and oxygen atoms in total. The predicted octanol–water partition coefficient (Wildman–Crippen LogP) is 3.49. The van der Waals surface area contributed by atoms with Crippen LogP contribution in [-0.4, -0.2) is 11.1 Å². The summed E-state index contributed by atoms with van der Waals surface area (Å²) in [6.07, 6.45) is 1.82. The van der Waals surface area contributed by atoms with E-state index in [0.29, 0.717) is 0 Å². The molecular formula is C11H19N3. The van der Waals surface area contributed by atoms with Gasteiger partial charge in [-0.05, 0) is 47.6 Å². The lowest BCUT2D eigenvalue weighted by molar-refractivity contribution is 0.510. The SMILES string of the molecule is CC(C)=CC(C)(C#N)N=NC(C)(C)C. The van der Waals surface area contributed by atoms with E-state index in [9.17, 15) is 0 Å². The molecule has 0 aliphatic heterocycles. The number of allylic oxidation sites excluding steroid dienone is 1. The molecule has 0 aromatic heterocycles. The van der Waals surface area contributed by atoms with Gasteiger partial charge in [-0.2, -0.15) is 15.5 Å². The van der Waals surface area contributed by atoms with Crippen molar-refractivity contribution in [1.29, 1.82) is 5.26 Å². The normalized spacial score (nSPS) is 16.1. The third kappa shape index (κ3) is 5.47. The zero-order chi connectivity index (χ0) is 11.4. The van der Waals surface area contributed by atoms with Crippen molar-refractivity contribution in [3.63, 3.8) is 0 Å². The van der Waals surface area contributed by atoms with Gasteiger partial charge in [-0.3, -0.25) is 0 Å². The Bertz CT molecular complexity index is 285. The highest BCUT2D eigenvalue weighted by Gasteiger charge is 2.20. The molecule has 0 saturated carbocycles. The molecule has 0 fully saturated rings. The molecule has 0 spiro atoms. The molecule has 0 aliphatic rings. The van der Waals surface area contributed by atoms with E-state index >= 15 is 0 Å². The summed E-state index contributed by atoms with van der Waals surface area (Å²) in [7, 11) is 0. The lowest BCUT2D eigenvalue weighted by Gasteiger charge is -2.15. The highest BCUT2D eigenvalue weighted by atomic mass is 15.2. The monoisotopic (exact) mass is 193 g/mol. The zero-order valence-electron chi connectivity index (χ0n) is 9.92. The van der Waals surface area contributed by atoms with Crippen LogP contribution in [0.5, 0.6) is 0 Å². The van der Waals surface area contributed by atoms with Crippen LogP contribution in [-0.2, 0) is 0 Å². The Morgan fingerprint density at radius 1 is 1.14 bits per heavy atom. The molecule has 0 radical (unpaired) electrons. The maximum absolute atomic E-state index is 8.98. The molecule has 0 N–H and O–H groups in total. The third-order valence-corrected chi connectivity index (χ3v) is 1.35. The topological polar surface area (TPSA) is 48.5 Å². The Hall–Kier alpha value is -1.17. The van der Waals surface area contributed by atoms with Crippen molar-refractivity contribution < 1.29 is 0 Å². The van der Waals surface area contributed by atoms with Gasteiger partial charge in [0.15, 0.2) is 5.54 Å². The second-order valence-corrected chi connectivity index (χ2v) is 4.85. The van der Waals surface area contributed by atoms with Crippen LogP contribution in [0.1, 0.15) is 41.5 Å². The molecular weight excluding hydrogens is 174 g/mol. The number of nitriles is 1. The molecule has 1 unspecified atom stereocenters. The highest BCUT2D eigenvalue weighted by Crippen LogP contribution is 2.17. The molecule has 0 saturated heterocycles. The van der Waals surface area contributed by atoms with E-state index in [2.05, 4.69) is 16.3 Å². The summed E-state index contributed by atoms with van der Waals surface area (Å²) in [4.78, 5) is 0. The maximum atomic E-state index is 8.98. The van der Waals surface area contributed by atoms with Gasteiger partial charge >= 0.3 is 0 Å². The smallest absolute Gasteiger partial charge is 0.182 e. The minimum atomic E-state index is -0.827. The summed E-state index contributed by atoms with van der Waals surface area (Å²) in [6, 6.07) is 2.15. The number of nitrogens with zero attached hydrogens (tertiary/aromatic N) is 3. The van der Waals surface area contributed by atoms with E-state index in [1.807, 2.05) is 40.7 Å². The molecule has 0 rings (SSSR count). The second-order valence-electron chi connectivity index (χ2n) is 4.85. The van der Waals surface area contributed by atoms with E-state index in [4.69, 9.17) is 5.26 Å². The Labute approximate surface area is 86.5 Å². The molecule has 0 aliphatic carbocycles. The van der Waals surface area contributed by atoms with Gasteiger partial charge < -0.3 is 0 Å². The lowest BCUT2D eigenvalue weighted by Crippen LogP contribution is -2.18. The van der Waals surface area contributed by atoms with Crippen LogP contribution in [0.2, 0.25) is 0 Å². The van der Waals surface area contributed by atoms with E-state index in [1.165, 1.54) is 0 Å². The zero-order valence-corrected chi connectivity index (χ0v) is 9.92. The van der Waals surface area contributed by atoms with Gasteiger partial charge in [-0.25, -0.2) is 0 Å². The molecule has 14 heavy (non-hydrogen) atoms. The lowest BCUT2D eigenvalue weighted by atomic mass is 10.0. The molecule has 0 aromatic rings. The fourth-order valence-electron chi connectivity index (χ4n) is 0.899. The van der Waals surface area contributed by atoms with Crippen molar-refractivity contribution in [3.05, 3.63) is 11.6 Å². The van der Waals surface area contributed by atoms with Gasteiger partial charge in [0.25, 0.3) is 0 Å². The first-order valence-corrected chi connectivity index (χ1v) is 4.70. The Kier molecular flexibility index (Phi) is 4.00. The van der Waals surface area contributed by atoms with Crippen molar-refractivity contribution in [2.75, 3.05) is 0 Å². The number of hydrogen-bond acceptors (Lipinski definition) is 3. The van der Waals surface area contributed by atoms with Crippen molar-refractivity contribution in [3.8, 4) is 6.07 Å². The van der Waals surface area contributed by atoms with Gasteiger partial charge in [-0.1, -0.05) is 5.57 Å². The van der Waals surface area contributed by atoms with E-state index in [1.54, 1.807) is 6.92 Å². The van der Waals surface area contributed by atoms with Gasteiger partial charge in [0.05, 0.1) is 11.6 Å². The fraction of sp³-hybridized carbons (Fsp3) is 0.727. The average molecular weight is 193 g/mol. The molecule has 0 heterocycles. The standard InChI is InChI=1S/C11H19N3/c1-9(2)7-11(6,8-12)14-13-10(3,4)5/h7H,1-6H3. The van der Waals surface area contributed by atoms with Gasteiger partial charge in [0.2, 0.25) is 0 Å². The first kappa shape index (κ1) is 12.8. The van der Waals surface area contributed by atoms with E-state index in [0.717, 1.165) is 5.57 Å². The minimum absolute atomic E-state index is 0.229. The van der Waals surface area contributed by atoms with Crippen LogP contribution in [0, 0.1) is 11.3 Å². The van der Waals surface area contributed by atoms with Crippen molar-refractivity contribution in [1.82, 2.24) is 0 Å². The Balaban J connectivity index is 4.86. The van der Waals surface area contributed by atoms with Crippen LogP contribution in [0.25, 0.3) is 0 Å². The Morgan fingerprint density at radius 2 is 1.64 bits per heavy atom. The van der Waals surface area contributed by atoms with Gasteiger partial charge in [-0.15, -0.1) is 0 Å². The number of hydrogen-bond donors (Lipinski definition) is 0. The van der Waals surface area contributed by atoms with E-state index < -0.39 is 5.54 Å². The molecule has 0 bridgehead atoms. The highest BCUT2D eigenvalue weighted by molar-refractivity contribution is 5.20. The minimum Gasteiger partial charge on any atom is -0.195 e. The fourth-order valence-corrected chi connectivity index (χ4v) is 0.899. The molecule has 0 aromatic carbocycles. The molecule has 78 valence electrons. The third-order valence-electron chi connectivity index (χ3n) is 1.35. The van der Waals surface area contributed by atoms with Crippen molar-refractivity contribution >= 4 is 0 Å². The largest absolute Gasteiger partial charge is 0.195 e. The first-order chi connectivity index (χ1) is 6.18. The van der Waals surface area contributed by atoms with Crippen LogP contribution in [0.3, 0.4) is 0 Å². The predicted molar refractivity (Wildman–Crippen MR) is 58.1 cm³/mol. The van der Waals surface area contributed by atoms with Crippen LogP contribution >= 0.6 is 0 Å². The summed E-state index contributed by atoms with van der Waals surface area (Å²) in [5.74, 6) is 0. The maximum Gasteiger partial charge on any atom is 0.182 e. The van der Waals surface area contributed by atoms with Crippen LogP contribution < -0.4 is 0 Å². The van der Waals surface area contributed by atoms with Gasteiger partial charge in [0.1, 0.15) is 0 Å². The summed E-state index contributed by atoms with van der Waals surface area (Å²) >= 11 is 0. The molecule has 0 amide bonds. The number of azo groups is 1. The second kappa shape index (κ2) is 4.36. The Morgan fingerprint density at radius 3 is 1.93 bits per heavy atom. The van der Waals surface area contributed by atoms with Crippen molar-refractivity contribution in [2.45, 2.75) is 52.6 Å². The summed E-state index contributed by atoms with van der Waals surface area (Å²) < 4.78 is 0. The first-order valence-electron chi connectivity index (χ1n) is 4.70. The van der Waals surface area contributed by atoms with Crippen LogP contribution in [0.4, 0.5) is 0 Å². The average Bonchev–Trinajstić information content (AvgIpc) is 1.99. The quantitative estimate of drug-likeness (QED) is 0.489. The summed E-state index contributed by atoms with van der Waals surface area (Å²) in [6.45, 7) is 11.5. The van der Waals surface area contributed by atoms with Crippen LogP contribution in [0.15, 0.2) is 21.9 Å². The number of rotatable bonds is 2.